The number of benzene rings is 1. The first-order valence-corrected chi connectivity index (χ1v) is 10.4. The number of morpholine rings is 1. The van der Waals surface area contributed by atoms with E-state index in [9.17, 15) is 18.0 Å². The molecule has 1 aromatic rings. The third kappa shape index (κ3) is 9.39. The van der Waals surface area contributed by atoms with E-state index in [1.807, 2.05) is 32.6 Å². The van der Waals surface area contributed by atoms with E-state index in [4.69, 9.17) is 4.74 Å². The number of hydrogen-bond donors (Lipinski definition) is 3. The zero-order valence-corrected chi connectivity index (χ0v) is 21.3. The quantitative estimate of drug-likeness (QED) is 0.278. The van der Waals surface area contributed by atoms with Crippen LogP contribution in [0.2, 0.25) is 0 Å². The molecule has 0 radical (unpaired) electrons. The Labute approximate surface area is 204 Å². The molecule has 1 saturated heterocycles. The highest BCUT2D eigenvalue weighted by molar-refractivity contribution is 14.0. The van der Waals surface area contributed by atoms with E-state index in [1.165, 1.54) is 12.1 Å². The summed E-state index contributed by atoms with van der Waals surface area (Å²) in [6.45, 7) is 9.83. The lowest BCUT2D eigenvalue weighted by atomic mass is 10.1. The van der Waals surface area contributed by atoms with Crippen LogP contribution in [0.15, 0.2) is 23.2 Å². The van der Waals surface area contributed by atoms with Crippen molar-refractivity contribution in [2.75, 3.05) is 44.3 Å². The summed E-state index contributed by atoms with van der Waals surface area (Å²) in [5, 5.41) is 8.62. The van der Waals surface area contributed by atoms with Gasteiger partial charge in [0.1, 0.15) is 0 Å². The number of ether oxygens (including phenoxy) is 1. The second-order valence-corrected chi connectivity index (χ2v) is 8.29. The van der Waals surface area contributed by atoms with Crippen molar-refractivity contribution >= 4 is 41.5 Å². The van der Waals surface area contributed by atoms with Crippen molar-refractivity contribution in [3.8, 4) is 0 Å². The first-order valence-electron chi connectivity index (χ1n) is 10.4. The van der Waals surface area contributed by atoms with Gasteiger partial charge in [-0.2, -0.15) is 13.2 Å². The van der Waals surface area contributed by atoms with Gasteiger partial charge in [-0.3, -0.25) is 4.79 Å². The van der Waals surface area contributed by atoms with E-state index in [1.54, 1.807) is 6.07 Å². The highest BCUT2D eigenvalue weighted by Crippen LogP contribution is 2.35. The summed E-state index contributed by atoms with van der Waals surface area (Å²) in [5.74, 6) is 0.0425. The van der Waals surface area contributed by atoms with Crippen molar-refractivity contribution in [3.63, 3.8) is 0 Å². The molecule has 1 aliphatic rings. The predicted octanol–water partition coefficient (Wildman–Crippen LogP) is 3.13. The summed E-state index contributed by atoms with van der Waals surface area (Å²) in [6.07, 6.45) is -4.49. The third-order valence-electron chi connectivity index (χ3n) is 4.46. The molecule has 0 bridgehead atoms. The normalized spacial score (nSPS) is 15.1. The van der Waals surface area contributed by atoms with Gasteiger partial charge in [-0.25, -0.2) is 4.99 Å². The van der Waals surface area contributed by atoms with E-state index in [0.29, 0.717) is 38.5 Å². The van der Waals surface area contributed by atoms with Crippen LogP contribution in [0.1, 0.15) is 38.8 Å². The maximum atomic E-state index is 13.7. The molecule has 11 heteroatoms. The lowest BCUT2D eigenvalue weighted by Gasteiger charge is -2.29. The molecule has 0 saturated carbocycles. The molecule has 0 unspecified atom stereocenters. The molecule has 0 aliphatic carbocycles. The zero-order chi connectivity index (χ0) is 23.1. The van der Waals surface area contributed by atoms with Crippen LogP contribution in [0.3, 0.4) is 0 Å². The van der Waals surface area contributed by atoms with Crippen molar-refractivity contribution in [1.29, 1.82) is 0 Å². The number of anilines is 1. The van der Waals surface area contributed by atoms with Crippen LogP contribution in [0.25, 0.3) is 0 Å². The van der Waals surface area contributed by atoms with E-state index in [2.05, 4.69) is 20.9 Å². The van der Waals surface area contributed by atoms with Crippen molar-refractivity contribution in [3.05, 3.63) is 29.3 Å². The Kier molecular flexibility index (Phi) is 11.0. The van der Waals surface area contributed by atoms with E-state index in [0.717, 1.165) is 0 Å². The molecule has 1 amide bonds. The Balaban J connectivity index is 0.00000512. The lowest BCUT2D eigenvalue weighted by molar-refractivity contribution is -0.138. The number of nitrogens with one attached hydrogen (secondary N) is 3. The summed E-state index contributed by atoms with van der Waals surface area (Å²) in [5.41, 5.74) is -0.493. The van der Waals surface area contributed by atoms with Gasteiger partial charge in [-0.15, -0.1) is 24.0 Å². The molecule has 0 aromatic heterocycles. The molecule has 0 atom stereocenters. The number of rotatable bonds is 6. The van der Waals surface area contributed by atoms with Gasteiger partial charge in [0.2, 0.25) is 5.91 Å². The Morgan fingerprint density at radius 2 is 1.81 bits per heavy atom. The summed E-state index contributed by atoms with van der Waals surface area (Å²) >= 11 is 0. The van der Waals surface area contributed by atoms with Gasteiger partial charge in [-0.1, -0.05) is 6.07 Å². The van der Waals surface area contributed by atoms with E-state index >= 15 is 0 Å². The number of carbonyl (C=O) groups is 1. The Bertz CT molecular complexity index is 776. The first kappa shape index (κ1) is 28.3. The summed E-state index contributed by atoms with van der Waals surface area (Å²) in [4.78, 5) is 18.1. The van der Waals surface area contributed by atoms with Gasteiger partial charge in [-0.05, 0) is 45.4 Å². The molecule has 3 N–H and O–H groups in total. The van der Waals surface area contributed by atoms with Crippen molar-refractivity contribution in [2.45, 2.75) is 46.0 Å². The molecule has 32 heavy (non-hydrogen) atoms. The predicted molar refractivity (Wildman–Crippen MR) is 131 cm³/mol. The average molecular weight is 571 g/mol. The number of aliphatic imine (C=N–C) groups is 1. The van der Waals surface area contributed by atoms with E-state index in [-0.39, 0.29) is 60.0 Å². The Morgan fingerprint density at radius 1 is 1.16 bits per heavy atom. The van der Waals surface area contributed by atoms with Crippen molar-refractivity contribution in [1.82, 2.24) is 16.0 Å². The summed E-state index contributed by atoms with van der Waals surface area (Å²) < 4.78 is 46.4. The topological polar surface area (TPSA) is 78.0 Å². The smallest absolute Gasteiger partial charge is 0.378 e. The molecule has 1 heterocycles. The number of hydrogen-bond acceptors (Lipinski definition) is 4. The van der Waals surface area contributed by atoms with Crippen LogP contribution in [-0.4, -0.2) is 56.8 Å². The second-order valence-electron chi connectivity index (χ2n) is 8.29. The molecule has 7 nitrogen and oxygen atoms in total. The van der Waals surface area contributed by atoms with Crippen LogP contribution in [0, 0.1) is 0 Å². The molecule has 2 rings (SSSR count). The molecular formula is C21H33F3IN5O2. The fourth-order valence-corrected chi connectivity index (χ4v) is 3.12. The second kappa shape index (κ2) is 12.5. The number of alkyl halides is 3. The first-order chi connectivity index (χ1) is 14.5. The minimum absolute atomic E-state index is 0. The van der Waals surface area contributed by atoms with Crippen LogP contribution in [0.4, 0.5) is 18.9 Å². The van der Waals surface area contributed by atoms with Gasteiger partial charge in [0, 0.05) is 30.9 Å². The molecule has 1 aliphatic heterocycles. The summed E-state index contributed by atoms with van der Waals surface area (Å²) in [7, 11) is 0. The Hall–Kier alpha value is -1.76. The van der Waals surface area contributed by atoms with Gasteiger partial charge in [0.25, 0.3) is 0 Å². The maximum absolute atomic E-state index is 13.7. The minimum Gasteiger partial charge on any atom is -0.378 e. The molecule has 0 spiro atoms. The number of amides is 1. The molecule has 1 aromatic carbocycles. The average Bonchev–Trinajstić information content (AvgIpc) is 2.68. The molecular weight excluding hydrogens is 538 g/mol. The highest BCUT2D eigenvalue weighted by Gasteiger charge is 2.34. The van der Waals surface area contributed by atoms with Gasteiger partial charge < -0.3 is 25.6 Å². The highest BCUT2D eigenvalue weighted by atomic mass is 127. The fraction of sp³-hybridized carbons (Fsp3) is 0.619. The number of carbonyl (C=O) groups excluding carboxylic acids is 1. The maximum Gasteiger partial charge on any atom is 0.416 e. The van der Waals surface area contributed by atoms with E-state index < -0.39 is 11.7 Å². The molecule has 182 valence electrons. The largest absolute Gasteiger partial charge is 0.416 e. The van der Waals surface area contributed by atoms with Gasteiger partial charge in [0.15, 0.2) is 5.96 Å². The SMILES string of the molecule is CCNC(=NCc1ccc(N2CCOCC2)cc1C(F)(F)F)NCC(=O)NC(C)(C)C.I. The standard InChI is InChI=1S/C21H32F3N5O2.HI/c1-5-25-19(27-14-18(30)28-20(2,3)4)26-13-15-6-7-16(12-17(15)21(22,23)24)29-8-10-31-11-9-29;/h6-7,12H,5,8-11,13-14H2,1-4H3,(H,28,30)(H2,25,26,27);1H. The van der Waals surface area contributed by atoms with Crippen molar-refractivity contribution < 1.29 is 22.7 Å². The van der Waals surface area contributed by atoms with Crippen LogP contribution >= 0.6 is 24.0 Å². The van der Waals surface area contributed by atoms with Crippen LogP contribution in [0.5, 0.6) is 0 Å². The van der Waals surface area contributed by atoms with Crippen LogP contribution < -0.4 is 20.9 Å². The summed E-state index contributed by atoms with van der Waals surface area (Å²) in [6, 6.07) is 4.32. The number of halogens is 4. The minimum atomic E-state index is -4.49. The number of guanidine groups is 1. The number of nitrogens with zero attached hydrogens (tertiary/aromatic N) is 2. The van der Waals surface area contributed by atoms with Gasteiger partial charge >= 0.3 is 6.18 Å². The lowest BCUT2D eigenvalue weighted by Crippen LogP contribution is -2.48. The molecule has 1 fully saturated rings. The van der Waals surface area contributed by atoms with Gasteiger partial charge in [0.05, 0.1) is 31.9 Å². The Morgan fingerprint density at radius 3 is 2.38 bits per heavy atom. The third-order valence-corrected chi connectivity index (χ3v) is 4.46. The van der Waals surface area contributed by atoms with Crippen LogP contribution in [-0.2, 0) is 22.3 Å². The van der Waals surface area contributed by atoms with Crippen molar-refractivity contribution in [2.24, 2.45) is 4.99 Å². The fourth-order valence-electron chi connectivity index (χ4n) is 3.12. The zero-order valence-electron chi connectivity index (χ0n) is 18.9. The monoisotopic (exact) mass is 571 g/mol.